The number of ether oxygens (including phenoxy) is 1. The van der Waals surface area contributed by atoms with Crippen molar-refractivity contribution in [2.45, 2.75) is 41.5 Å². The molecular formula is C33H64N8O5. The minimum Gasteiger partial charge on any atom is -0.399 e. The van der Waals surface area contributed by atoms with E-state index >= 15 is 0 Å². The molecule has 1 aromatic carbocycles. The molecule has 3 saturated heterocycles. The van der Waals surface area contributed by atoms with Crippen LogP contribution in [0.25, 0.3) is 0 Å². The second-order valence-corrected chi connectivity index (χ2v) is 11.9. The van der Waals surface area contributed by atoms with Crippen LogP contribution in [-0.4, -0.2) is 167 Å². The SMILES string of the molecule is C.CC(=O)CN1CCN(C)CC1.CC(=O)N1CCN(C)CC1.CC(=O)c1cc(N)cc(N)c1.CCCOCON1CCN(C)CC1. The minimum atomic E-state index is -0.0241. The molecule has 3 aliphatic rings. The third-order valence-corrected chi connectivity index (χ3v) is 7.50. The number of piperazine rings is 3. The maximum absolute atomic E-state index is 10.8. The fourth-order valence-corrected chi connectivity index (χ4v) is 4.55. The highest BCUT2D eigenvalue weighted by Gasteiger charge is 2.16. The normalized spacial score (nSPS) is 18.0. The number of rotatable bonds is 8. The van der Waals surface area contributed by atoms with Crippen LogP contribution >= 0.6 is 0 Å². The summed E-state index contributed by atoms with van der Waals surface area (Å²) in [6.45, 7) is 20.9. The number of hydrogen-bond donors (Lipinski definition) is 2. The molecule has 0 aromatic heterocycles. The third-order valence-electron chi connectivity index (χ3n) is 7.50. The lowest BCUT2D eigenvalue weighted by Gasteiger charge is -2.31. The highest BCUT2D eigenvalue weighted by atomic mass is 16.8. The first-order valence-electron chi connectivity index (χ1n) is 16.0. The maximum atomic E-state index is 10.8. The Balaban J connectivity index is 0.000000585. The van der Waals surface area contributed by atoms with Gasteiger partial charge in [-0.3, -0.25) is 24.1 Å². The molecule has 0 bridgehead atoms. The summed E-state index contributed by atoms with van der Waals surface area (Å²) in [7, 11) is 6.33. The summed E-state index contributed by atoms with van der Waals surface area (Å²) in [5, 5.41) is 1.98. The molecule has 3 heterocycles. The molecule has 1 aromatic rings. The third kappa shape index (κ3) is 20.5. The zero-order valence-corrected chi connectivity index (χ0v) is 28.9. The molecule has 4 rings (SSSR count). The molecule has 0 spiro atoms. The molecule has 0 atom stereocenters. The van der Waals surface area contributed by atoms with Gasteiger partial charge in [0.2, 0.25) is 5.91 Å². The quantitative estimate of drug-likeness (QED) is 0.183. The van der Waals surface area contributed by atoms with E-state index in [0.717, 1.165) is 91.6 Å². The van der Waals surface area contributed by atoms with E-state index in [1.807, 2.05) is 9.96 Å². The lowest BCUT2D eigenvalue weighted by atomic mass is 10.1. The van der Waals surface area contributed by atoms with E-state index in [0.29, 0.717) is 30.3 Å². The Kier molecular flexibility index (Phi) is 23.1. The van der Waals surface area contributed by atoms with Gasteiger partial charge >= 0.3 is 0 Å². The summed E-state index contributed by atoms with van der Waals surface area (Å²) < 4.78 is 5.23. The Morgan fingerprint density at radius 3 is 1.59 bits per heavy atom. The van der Waals surface area contributed by atoms with Crippen molar-refractivity contribution in [1.29, 1.82) is 0 Å². The molecule has 13 nitrogen and oxygen atoms in total. The lowest BCUT2D eigenvalue weighted by Crippen LogP contribution is -2.46. The number of benzene rings is 1. The number of hydroxylamine groups is 2. The number of Topliss-reactive ketones (excluding diaryl/α,β-unsaturated/α-hetero) is 2. The molecule has 0 saturated carbocycles. The monoisotopic (exact) mass is 652 g/mol. The van der Waals surface area contributed by atoms with E-state index in [-0.39, 0.29) is 24.9 Å². The van der Waals surface area contributed by atoms with Crippen LogP contribution in [0.5, 0.6) is 0 Å². The summed E-state index contributed by atoms with van der Waals surface area (Å²) in [5.41, 5.74) is 12.5. The molecule has 13 heteroatoms. The van der Waals surface area contributed by atoms with Crippen LogP contribution in [0.1, 0.15) is 51.9 Å². The van der Waals surface area contributed by atoms with Crippen LogP contribution in [0.2, 0.25) is 0 Å². The summed E-state index contributed by atoms with van der Waals surface area (Å²) in [6, 6.07) is 4.84. The van der Waals surface area contributed by atoms with E-state index in [1.54, 1.807) is 32.0 Å². The van der Waals surface area contributed by atoms with Gasteiger partial charge in [-0.05, 0) is 59.6 Å². The van der Waals surface area contributed by atoms with Gasteiger partial charge < -0.3 is 35.8 Å². The van der Waals surface area contributed by atoms with Crippen LogP contribution in [0.3, 0.4) is 0 Å². The van der Waals surface area contributed by atoms with E-state index in [4.69, 9.17) is 21.0 Å². The maximum Gasteiger partial charge on any atom is 0.219 e. The van der Waals surface area contributed by atoms with E-state index in [9.17, 15) is 14.4 Å². The van der Waals surface area contributed by atoms with Crippen molar-refractivity contribution in [3.05, 3.63) is 23.8 Å². The predicted octanol–water partition coefficient (Wildman–Crippen LogP) is 1.84. The molecule has 266 valence electrons. The molecule has 46 heavy (non-hydrogen) atoms. The zero-order chi connectivity index (χ0) is 33.8. The Labute approximate surface area is 278 Å². The van der Waals surface area contributed by atoms with Gasteiger partial charge in [-0.15, -0.1) is 0 Å². The number of ketones is 2. The Hall–Kier alpha value is -2.65. The van der Waals surface area contributed by atoms with E-state index < -0.39 is 0 Å². The fourth-order valence-electron chi connectivity index (χ4n) is 4.55. The Morgan fingerprint density at radius 1 is 0.717 bits per heavy atom. The van der Waals surface area contributed by atoms with Gasteiger partial charge in [-0.1, -0.05) is 14.4 Å². The van der Waals surface area contributed by atoms with Crippen molar-refractivity contribution in [2.75, 3.05) is 131 Å². The molecule has 1 amide bonds. The number of nitrogens with two attached hydrogens (primary N) is 2. The number of amides is 1. The predicted molar refractivity (Wildman–Crippen MR) is 188 cm³/mol. The number of anilines is 2. The second-order valence-electron chi connectivity index (χ2n) is 11.9. The van der Waals surface area contributed by atoms with Crippen LogP contribution in [0, 0.1) is 0 Å². The van der Waals surface area contributed by atoms with Crippen LogP contribution in [0.15, 0.2) is 18.2 Å². The summed E-state index contributed by atoms with van der Waals surface area (Å²) >= 11 is 0. The number of hydrogen-bond acceptors (Lipinski definition) is 12. The van der Waals surface area contributed by atoms with Gasteiger partial charge in [-0.2, -0.15) is 5.06 Å². The van der Waals surface area contributed by atoms with Crippen LogP contribution in [-0.2, 0) is 19.2 Å². The molecule has 0 radical (unpaired) electrons. The summed E-state index contributed by atoms with van der Waals surface area (Å²) in [5.74, 6) is 0.451. The smallest absolute Gasteiger partial charge is 0.219 e. The number of likely N-dealkylation sites (N-methyl/N-ethyl adjacent to an activating group) is 3. The summed E-state index contributed by atoms with van der Waals surface area (Å²) in [6.07, 6.45) is 1.05. The van der Waals surface area contributed by atoms with Crippen molar-refractivity contribution < 1.29 is 24.0 Å². The minimum absolute atomic E-state index is 0. The van der Waals surface area contributed by atoms with Crippen molar-refractivity contribution in [2.24, 2.45) is 0 Å². The van der Waals surface area contributed by atoms with Gasteiger partial charge in [0, 0.05) is 109 Å². The topological polar surface area (TPSA) is 141 Å². The highest BCUT2D eigenvalue weighted by molar-refractivity contribution is 5.95. The van der Waals surface area contributed by atoms with E-state index in [1.165, 1.54) is 6.92 Å². The number of nitrogen functional groups attached to an aromatic ring is 2. The van der Waals surface area contributed by atoms with Crippen LogP contribution < -0.4 is 11.5 Å². The molecule has 0 aliphatic carbocycles. The molecule has 0 unspecified atom stereocenters. The lowest BCUT2D eigenvalue weighted by molar-refractivity contribution is -0.234. The second kappa shape index (κ2) is 24.5. The van der Waals surface area contributed by atoms with Crippen molar-refractivity contribution in [1.82, 2.24) is 29.6 Å². The number of carbonyl (C=O) groups excluding carboxylic acids is 3. The van der Waals surface area contributed by atoms with Gasteiger partial charge in [-0.25, -0.2) is 0 Å². The van der Waals surface area contributed by atoms with Gasteiger partial charge in [0.15, 0.2) is 12.6 Å². The molecule has 3 aliphatic heterocycles. The van der Waals surface area contributed by atoms with Gasteiger partial charge in [0.1, 0.15) is 5.78 Å². The van der Waals surface area contributed by atoms with Crippen molar-refractivity contribution in [3.63, 3.8) is 0 Å². The van der Waals surface area contributed by atoms with Gasteiger partial charge in [0.25, 0.3) is 0 Å². The van der Waals surface area contributed by atoms with Crippen LogP contribution in [0.4, 0.5) is 11.4 Å². The van der Waals surface area contributed by atoms with Crippen molar-refractivity contribution in [3.8, 4) is 0 Å². The number of carbonyl (C=O) groups is 3. The fraction of sp³-hybridized carbons (Fsp3) is 0.727. The van der Waals surface area contributed by atoms with E-state index in [2.05, 4.69) is 47.7 Å². The molecule has 4 N–H and O–H groups in total. The summed E-state index contributed by atoms with van der Waals surface area (Å²) in [4.78, 5) is 48.7. The standard InChI is InChI=1S/C9H20N2O2.C8H16N2O.C8H10N2O.C7H14N2O.CH4/c1-3-8-12-9-13-11-6-4-10(2)5-7-11;1-8(11)7-10-5-3-9(2)4-6-10;1-5(11)6-2-7(9)4-8(10)3-6;1-7(10)9-5-3-8(2)4-6-9;/h3-9H2,1-2H3;3-7H2,1-2H3;2-4H,9-10H2,1H3;3-6H2,1-2H3;1H4. The highest BCUT2D eigenvalue weighted by Crippen LogP contribution is 2.13. The average molecular weight is 653 g/mol. The first-order valence-corrected chi connectivity index (χ1v) is 16.0. The van der Waals surface area contributed by atoms with Crippen molar-refractivity contribution >= 4 is 28.8 Å². The largest absolute Gasteiger partial charge is 0.399 e. The Morgan fingerprint density at radius 2 is 1.17 bits per heavy atom. The Bertz CT molecular complexity index is 970. The number of nitrogens with zero attached hydrogens (tertiary/aromatic N) is 6. The first-order chi connectivity index (χ1) is 21.3. The average Bonchev–Trinajstić information content (AvgIpc) is 2.98. The zero-order valence-electron chi connectivity index (χ0n) is 28.9. The molecular weight excluding hydrogens is 588 g/mol. The first kappa shape index (κ1) is 43.4. The molecule has 3 fully saturated rings. The van der Waals surface area contributed by atoms with Gasteiger partial charge in [0.05, 0.1) is 6.54 Å².